The highest BCUT2D eigenvalue weighted by Crippen LogP contribution is 2.06. The third-order valence-electron chi connectivity index (χ3n) is 0.962. The summed E-state index contributed by atoms with van der Waals surface area (Å²) in [5.41, 5.74) is 0. The fourth-order valence-electron chi connectivity index (χ4n) is 0.459. The molecule has 3 heteroatoms. The van der Waals surface area contributed by atoms with Crippen LogP contribution in [0.2, 0.25) is 6.04 Å². The zero-order valence-corrected chi connectivity index (χ0v) is 8.25. The summed E-state index contributed by atoms with van der Waals surface area (Å²) in [5, 5.41) is 0. The Balaban J connectivity index is 2.93. The topological polar surface area (TPSA) is 0 Å². The number of hydrogen-bond acceptors (Lipinski definition) is 0. The zero-order chi connectivity index (χ0) is 6.57. The fourth-order valence-corrected chi connectivity index (χ4v) is 2.13. The molecule has 0 aliphatic rings. The molecule has 0 heterocycles. The van der Waals surface area contributed by atoms with Crippen molar-refractivity contribution < 1.29 is 0 Å². The van der Waals surface area contributed by atoms with E-state index >= 15 is 0 Å². The Bertz CT molecular complexity index is 46.4. The molecule has 0 aromatic rings. The average Bonchev–Trinajstić information content (AvgIpc) is 1.61. The third kappa shape index (κ3) is 6.80. The number of rotatable bonds is 3. The molecule has 0 bridgehead atoms. The van der Waals surface area contributed by atoms with E-state index in [1.54, 1.807) is 0 Å². The van der Waals surface area contributed by atoms with E-state index in [0.717, 1.165) is 5.92 Å². The van der Waals surface area contributed by atoms with Crippen LogP contribution in [-0.4, -0.2) is 14.0 Å². The molecule has 0 aliphatic heterocycles. The smallest absolute Gasteiger partial charge is 0.0908 e. The minimum Gasteiger partial charge on any atom is -0.110 e. The second-order valence-electron chi connectivity index (χ2n) is 2.36. The molecule has 50 valence electrons. The van der Waals surface area contributed by atoms with Crippen molar-refractivity contribution in [2.75, 3.05) is 0 Å². The molecule has 0 nitrogen and oxygen atoms in total. The summed E-state index contributed by atoms with van der Waals surface area (Å²) in [5.74, 6) is 0.779. The highest BCUT2D eigenvalue weighted by atomic mass is 35.5. The second-order valence-corrected chi connectivity index (χ2v) is 6.65. The Hall–Kier alpha value is 0.797. The standard InChI is InChI=1S/C5H12Cl2Si/c1-4(2)3-8-5(6)7/h4-5H,3,8H2,1-2H3. The van der Waals surface area contributed by atoms with Gasteiger partial charge in [0, 0.05) is 0 Å². The van der Waals surface area contributed by atoms with Gasteiger partial charge < -0.3 is 0 Å². The van der Waals surface area contributed by atoms with E-state index in [1.807, 2.05) is 0 Å². The molecule has 0 unspecified atom stereocenters. The molecule has 0 amide bonds. The van der Waals surface area contributed by atoms with Gasteiger partial charge in [-0.05, 0) is 5.92 Å². The van der Waals surface area contributed by atoms with Gasteiger partial charge in [-0.1, -0.05) is 19.9 Å². The van der Waals surface area contributed by atoms with Crippen molar-refractivity contribution in [3.63, 3.8) is 0 Å². The predicted octanol–water partition coefficient (Wildman–Crippen LogP) is 1.99. The van der Waals surface area contributed by atoms with Crippen molar-refractivity contribution in [2.45, 2.75) is 24.4 Å². The van der Waals surface area contributed by atoms with E-state index < -0.39 is 0 Å². The van der Waals surface area contributed by atoms with Crippen molar-refractivity contribution in [1.82, 2.24) is 0 Å². The Morgan fingerprint density at radius 3 is 2.00 bits per heavy atom. The SMILES string of the molecule is CC(C)C[SiH2]C(Cl)Cl. The lowest BCUT2D eigenvalue weighted by Gasteiger charge is -2.01. The fraction of sp³-hybridized carbons (Fsp3) is 1.00. The number of hydrogen-bond donors (Lipinski definition) is 0. The molecular weight excluding hydrogens is 159 g/mol. The van der Waals surface area contributed by atoms with Crippen LogP contribution in [-0.2, 0) is 0 Å². The normalized spacial score (nSPS) is 12.8. The van der Waals surface area contributed by atoms with Crippen LogP contribution in [0.5, 0.6) is 0 Å². The molecule has 0 saturated carbocycles. The van der Waals surface area contributed by atoms with Gasteiger partial charge in [-0.3, -0.25) is 0 Å². The molecule has 0 spiro atoms. The molecule has 0 rings (SSSR count). The summed E-state index contributed by atoms with van der Waals surface area (Å²) in [6.45, 7) is 4.40. The first-order valence-corrected chi connectivity index (χ1v) is 5.60. The molecule has 0 N–H and O–H groups in total. The maximum Gasteiger partial charge on any atom is 0.0908 e. The van der Waals surface area contributed by atoms with Crippen LogP contribution < -0.4 is 0 Å². The minimum absolute atomic E-state index is 0.0302. The van der Waals surface area contributed by atoms with Gasteiger partial charge in [-0.2, -0.15) is 0 Å². The Morgan fingerprint density at radius 1 is 1.38 bits per heavy atom. The largest absolute Gasteiger partial charge is 0.110 e. The van der Waals surface area contributed by atoms with Gasteiger partial charge in [-0.15, -0.1) is 23.2 Å². The van der Waals surface area contributed by atoms with Gasteiger partial charge in [0.05, 0.1) is 14.0 Å². The lowest BCUT2D eigenvalue weighted by molar-refractivity contribution is 0.730. The van der Waals surface area contributed by atoms with Crippen molar-refractivity contribution in [2.24, 2.45) is 5.92 Å². The molecule has 8 heavy (non-hydrogen) atoms. The summed E-state index contributed by atoms with van der Waals surface area (Å²) in [6.07, 6.45) is 0. The van der Waals surface area contributed by atoms with Crippen LogP contribution in [0.3, 0.4) is 0 Å². The van der Waals surface area contributed by atoms with Crippen LogP contribution in [0, 0.1) is 5.92 Å². The molecule has 0 aromatic heterocycles. The molecule has 0 radical (unpaired) electrons. The summed E-state index contributed by atoms with van der Waals surface area (Å²) in [7, 11) is -0.171. The van der Waals surface area contributed by atoms with E-state index in [4.69, 9.17) is 23.2 Å². The highest BCUT2D eigenvalue weighted by molar-refractivity contribution is 6.68. The Kier molecular flexibility index (Phi) is 5.12. The number of halogens is 2. The number of alkyl halides is 2. The average molecular weight is 171 g/mol. The Morgan fingerprint density at radius 2 is 1.88 bits per heavy atom. The van der Waals surface area contributed by atoms with Gasteiger partial charge in [-0.25, -0.2) is 0 Å². The monoisotopic (exact) mass is 170 g/mol. The maximum atomic E-state index is 5.55. The first kappa shape index (κ1) is 8.80. The van der Waals surface area contributed by atoms with Crippen LogP contribution in [0.4, 0.5) is 0 Å². The quantitative estimate of drug-likeness (QED) is 0.450. The van der Waals surface area contributed by atoms with E-state index in [9.17, 15) is 0 Å². The lowest BCUT2D eigenvalue weighted by Crippen LogP contribution is -2.03. The van der Waals surface area contributed by atoms with Gasteiger partial charge in [0.2, 0.25) is 0 Å². The molecule has 0 saturated heterocycles. The van der Waals surface area contributed by atoms with E-state index in [2.05, 4.69) is 13.8 Å². The summed E-state index contributed by atoms with van der Waals surface area (Å²) >= 11 is 11.1. The van der Waals surface area contributed by atoms with E-state index in [0.29, 0.717) is 0 Å². The first-order chi connectivity index (χ1) is 3.63. The predicted molar refractivity (Wildman–Crippen MR) is 43.7 cm³/mol. The van der Waals surface area contributed by atoms with E-state index in [-0.39, 0.29) is 14.0 Å². The van der Waals surface area contributed by atoms with Crippen molar-refractivity contribution >= 4 is 32.7 Å². The van der Waals surface area contributed by atoms with Crippen LogP contribution >= 0.6 is 23.2 Å². The summed E-state index contributed by atoms with van der Waals surface area (Å²) in [4.78, 5) is 0. The molecule has 0 atom stereocenters. The molecular formula is C5H12Cl2Si. The van der Waals surface area contributed by atoms with Gasteiger partial charge in [0.1, 0.15) is 0 Å². The molecule has 0 aromatic carbocycles. The van der Waals surface area contributed by atoms with Crippen LogP contribution in [0.1, 0.15) is 13.8 Å². The summed E-state index contributed by atoms with van der Waals surface area (Å²) in [6, 6.07) is 1.26. The third-order valence-corrected chi connectivity index (χ3v) is 4.20. The Labute approximate surface area is 63.4 Å². The van der Waals surface area contributed by atoms with Crippen molar-refractivity contribution in [3.05, 3.63) is 0 Å². The van der Waals surface area contributed by atoms with Gasteiger partial charge in [0.15, 0.2) is 0 Å². The van der Waals surface area contributed by atoms with Crippen LogP contribution in [0.15, 0.2) is 0 Å². The second kappa shape index (κ2) is 4.65. The van der Waals surface area contributed by atoms with Crippen LogP contribution in [0.25, 0.3) is 0 Å². The van der Waals surface area contributed by atoms with Gasteiger partial charge in [0.25, 0.3) is 0 Å². The van der Waals surface area contributed by atoms with Gasteiger partial charge >= 0.3 is 0 Å². The lowest BCUT2D eigenvalue weighted by atomic mass is 10.3. The zero-order valence-electron chi connectivity index (χ0n) is 5.32. The molecule has 0 fully saturated rings. The minimum atomic E-state index is -0.171. The molecule has 0 aliphatic carbocycles. The summed E-state index contributed by atoms with van der Waals surface area (Å²) < 4.78 is -0.0302. The van der Waals surface area contributed by atoms with Crippen molar-refractivity contribution in [1.29, 1.82) is 0 Å². The highest BCUT2D eigenvalue weighted by Gasteiger charge is 2.00. The van der Waals surface area contributed by atoms with Crippen molar-refractivity contribution in [3.8, 4) is 0 Å². The maximum absolute atomic E-state index is 5.55. The van der Waals surface area contributed by atoms with E-state index in [1.165, 1.54) is 6.04 Å². The first-order valence-electron chi connectivity index (χ1n) is 2.91.